The lowest BCUT2D eigenvalue weighted by Gasteiger charge is -2.14. The number of carboxylic acids is 1. The number of hydrogen-bond donors (Lipinski definition) is 2. The number of aliphatic carboxylic acids is 1. The third-order valence-corrected chi connectivity index (χ3v) is 2.71. The van der Waals surface area contributed by atoms with Crippen molar-refractivity contribution in [3.63, 3.8) is 0 Å². The van der Waals surface area contributed by atoms with Crippen LogP contribution in [-0.4, -0.2) is 36.7 Å². The maximum atomic E-state index is 11.9. The minimum absolute atomic E-state index is 0.199. The van der Waals surface area contributed by atoms with Crippen molar-refractivity contribution >= 4 is 11.9 Å². The van der Waals surface area contributed by atoms with Crippen LogP contribution in [0.5, 0.6) is 0 Å². The van der Waals surface area contributed by atoms with E-state index in [1.165, 1.54) is 7.11 Å². The first-order valence-electron chi connectivity index (χ1n) is 6.07. The smallest absolute Gasteiger partial charge is 0.326 e. The van der Waals surface area contributed by atoms with Gasteiger partial charge in [0.05, 0.1) is 12.5 Å². The van der Waals surface area contributed by atoms with Crippen molar-refractivity contribution in [2.24, 2.45) is 0 Å². The molecule has 0 bridgehead atoms. The highest BCUT2D eigenvalue weighted by Gasteiger charge is 2.20. The second kappa shape index (κ2) is 7.92. The van der Waals surface area contributed by atoms with Gasteiger partial charge in [-0.3, -0.25) is 4.79 Å². The molecule has 6 nitrogen and oxygen atoms in total. The second-order valence-electron chi connectivity index (χ2n) is 4.18. The van der Waals surface area contributed by atoms with Crippen molar-refractivity contribution in [1.29, 1.82) is 5.26 Å². The minimum Gasteiger partial charge on any atom is -0.480 e. The summed E-state index contributed by atoms with van der Waals surface area (Å²) in [6.07, 6.45) is 0.470. The number of carboxylic acid groups (broad SMARTS) is 1. The Morgan fingerprint density at radius 2 is 2.05 bits per heavy atom. The van der Waals surface area contributed by atoms with E-state index in [4.69, 9.17) is 15.1 Å². The van der Waals surface area contributed by atoms with E-state index in [9.17, 15) is 9.59 Å². The molecule has 0 aromatic heterocycles. The highest BCUT2D eigenvalue weighted by molar-refractivity contribution is 5.96. The lowest BCUT2D eigenvalue weighted by Crippen LogP contribution is -2.41. The van der Waals surface area contributed by atoms with Crippen LogP contribution in [-0.2, 0) is 16.0 Å². The quantitative estimate of drug-likeness (QED) is 0.773. The molecule has 1 aromatic rings. The first kappa shape index (κ1) is 15.7. The molecule has 0 fully saturated rings. The summed E-state index contributed by atoms with van der Waals surface area (Å²) in [4.78, 5) is 22.9. The van der Waals surface area contributed by atoms with E-state index in [1.807, 2.05) is 6.07 Å². The number of nitrogens with one attached hydrogen (secondary N) is 1. The number of amides is 1. The Kier molecular flexibility index (Phi) is 6.20. The molecule has 1 aromatic carbocycles. The molecule has 2 N–H and O–H groups in total. The van der Waals surface area contributed by atoms with Crippen LogP contribution in [0.3, 0.4) is 0 Å². The molecule has 1 amide bonds. The lowest BCUT2D eigenvalue weighted by molar-refractivity contribution is -0.139. The number of nitrogens with zero attached hydrogens (tertiary/aromatic N) is 1. The van der Waals surface area contributed by atoms with Crippen molar-refractivity contribution in [2.45, 2.75) is 18.9 Å². The van der Waals surface area contributed by atoms with Crippen LogP contribution in [0.4, 0.5) is 0 Å². The maximum absolute atomic E-state index is 11.9. The van der Waals surface area contributed by atoms with E-state index >= 15 is 0 Å². The molecule has 1 atom stereocenters. The first-order valence-corrected chi connectivity index (χ1v) is 6.07. The highest BCUT2D eigenvalue weighted by Crippen LogP contribution is 2.06. The average molecular weight is 276 g/mol. The number of benzene rings is 1. The van der Waals surface area contributed by atoms with Gasteiger partial charge in [0, 0.05) is 25.7 Å². The van der Waals surface area contributed by atoms with Gasteiger partial charge in [0.1, 0.15) is 6.04 Å². The summed E-state index contributed by atoms with van der Waals surface area (Å²) in [7, 11) is 1.47. The Morgan fingerprint density at radius 3 is 2.55 bits per heavy atom. The summed E-state index contributed by atoms with van der Waals surface area (Å²) >= 11 is 0. The van der Waals surface area contributed by atoms with Gasteiger partial charge in [-0.05, 0) is 17.7 Å². The minimum atomic E-state index is -1.10. The van der Waals surface area contributed by atoms with Crippen LogP contribution in [0.2, 0.25) is 0 Å². The number of hydrogen-bond acceptors (Lipinski definition) is 4. The summed E-state index contributed by atoms with van der Waals surface area (Å²) in [6.45, 7) is 0.248. The molecule has 0 heterocycles. The normalized spacial score (nSPS) is 11.4. The molecule has 0 saturated carbocycles. The Bertz CT molecular complexity index is 505. The van der Waals surface area contributed by atoms with Crippen LogP contribution >= 0.6 is 0 Å². The molecule has 0 spiro atoms. The Hall–Kier alpha value is -2.39. The number of carbonyl (C=O) groups is 2. The molecule has 0 radical (unpaired) electrons. The van der Waals surface area contributed by atoms with E-state index in [2.05, 4.69) is 5.32 Å². The highest BCUT2D eigenvalue weighted by atomic mass is 16.5. The summed E-state index contributed by atoms with van der Waals surface area (Å²) in [5.41, 5.74) is 1.16. The fourth-order valence-electron chi connectivity index (χ4n) is 1.60. The lowest BCUT2D eigenvalue weighted by atomic mass is 10.1. The van der Waals surface area contributed by atoms with Gasteiger partial charge in [-0.15, -0.1) is 0 Å². The van der Waals surface area contributed by atoms with E-state index in [0.29, 0.717) is 5.56 Å². The molecule has 0 saturated heterocycles. The SMILES string of the molecule is COCCC(NC(=O)c1ccc(CC#N)cc1)C(=O)O. The van der Waals surface area contributed by atoms with Crippen LogP contribution in [0.1, 0.15) is 22.3 Å². The maximum Gasteiger partial charge on any atom is 0.326 e. The number of methoxy groups -OCH3 is 1. The molecule has 0 aliphatic carbocycles. The number of rotatable bonds is 7. The zero-order chi connectivity index (χ0) is 15.0. The molecule has 106 valence electrons. The monoisotopic (exact) mass is 276 g/mol. The largest absolute Gasteiger partial charge is 0.480 e. The van der Waals surface area contributed by atoms with Crippen LogP contribution in [0.15, 0.2) is 24.3 Å². The van der Waals surface area contributed by atoms with Crippen LogP contribution < -0.4 is 5.32 Å². The third-order valence-electron chi connectivity index (χ3n) is 2.71. The van der Waals surface area contributed by atoms with E-state index in [-0.39, 0.29) is 19.4 Å². The third kappa shape index (κ3) is 4.71. The zero-order valence-corrected chi connectivity index (χ0v) is 11.1. The molecule has 0 aliphatic rings. The molecular weight excluding hydrogens is 260 g/mol. The number of nitriles is 1. The summed E-state index contributed by atoms with van der Waals surface area (Å²) in [5, 5.41) is 20.0. The molecule has 1 rings (SSSR count). The fraction of sp³-hybridized carbons (Fsp3) is 0.357. The van der Waals surface area contributed by atoms with Crippen molar-refractivity contribution < 1.29 is 19.4 Å². The van der Waals surface area contributed by atoms with Crippen molar-refractivity contribution in [3.8, 4) is 6.07 Å². The van der Waals surface area contributed by atoms with Gasteiger partial charge < -0.3 is 15.2 Å². The van der Waals surface area contributed by atoms with Gasteiger partial charge in [0.25, 0.3) is 5.91 Å². The van der Waals surface area contributed by atoms with Crippen molar-refractivity contribution in [1.82, 2.24) is 5.32 Å². The number of carbonyl (C=O) groups excluding carboxylic acids is 1. The topological polar surface area (TPSA) is 99.4 Å². The zero-order valence-electron chi connectivity index (χ0n) is 11.1. The van der Waals surface area contributed by atoms with E-state index in [1.54, 1.807) is 24.3 Å². The Balaban J connectivity index is 2.68. The van der Waals surface area contributed by atoms with Crippen molar-refractivity contribution in [2.75, 3.05) is 13.7 Å². The molecular formula is C14H16N2O4. The van der Waals surface area contributed by atoms with Gasteiger partial charge in [0.2, 0.25) is 0 Å². The Morgan fingerprint density at radius 1 is 1.40 bits per heavy atom. The molecule has 6 heteroatoms. The van der Waals surface area contributed by atoms with Crippen LogP contribution in [0, 0.1) is 11.3 Å². The molecule has 1 unspecified atom stereocenters. The average Bonchev–Trinajstić information content (AvgIpc) is 2.44. The Labute approximate surface area is 117 Å². The summed E-state index contributed by atoms with van der Waals surface area (Å²) in [5.74, 6) is -1.56. The van der Waals surface area contributed by atoms with Gasteiger partial charge in [-0.2, -0.15) is 5.26 Å². The van der Waals surface area contributed by atoms with Gasteiger partial charge in [0.15, 0.2) is 0 Å². The number of ether oxygens (including phenoxy) is 1. The van der Waals surface area contributed by atoms with Gasteiger partial charge in [-0.25, -0.2) is 4.79 Å². The van der Waals surface area contributed by atoms with E-state index in [0.717, 1.165) is 5.56 Å². The van der Waals surface area contributed by atoms with Crippen LogP contribution in [0.25, 0.3) is 0 Å². The standard InChI is InChI=1S/C14H16N2O4/c1-20-9-7-12(14(18)19)16-13(17)11-4-2-10(3-5-11)6-8-15/h2-5,12H,6-7,9H2,1H3,(H,16,17)(H,18,19). The van der Waals surface area contributed by atoms with Gasteiger partial charge in [-0.1, -0.05) is 12.1 Å². The second-order valence-corrected chi connectivity index (χ2v) is 4.18. The van der Waals surface area contributed by atoms with Gasteiger partial charge >= 0.3 is 5.97 Å². The predicted octanol–water partition coefficient (Wildman–Crippen LogP) is 0.972. The van der Waals surface area contributed by atoms with E-state index < -0.39 is 17.9 Å². The summed E-state index contributed by atoms with van der Waals surface area (Å²) < 4.78 is 4.81. The fourth-order valence-corrected chi connectivity index (χ4v) is 1.60. The van der Waals surface area contributed by atoms with Crippen molar-refractivity contribution in [3.05, 3.63) is 35.4 Å². The first-order chi connectivity index (χ1) is 9.58. The predicted molar refractivity (Wildman–Crippen MR) is 71.1 cm³/mol. The summed E-state index contributed by atoms with van der Waals surface area (Å²) in [6, 6.07) is 7.50. The molecule has 0 aliphatic heterocycles. The molecule has 20 heavy (non-hydrogen) atoms.